The molecule has 0 spiro atoms. The Bertz CT molecular complexity index is 999. The van der Waals surface area contributed by atoms with Gasteiger partial charge in [-0.15, -0.1) is 0 Å². The van der Waals surface area contributed by atoms with Gasteiger partial charge < -0.3 is 30.5 Å². The smallest absolute Gasteiger partial charge is 0.167 e. The van der Waals surface area contributed by atoms with E-state index >= 15 is 0 Å². The standard InChI is InChI=1S/C17H18ClN5O5/c18-9-3-1-2-8(12(9)25)4-19-15-11-16(21-6-20-15)23(7-22-11)17-14(27)13(26)10(5-24)28-17/h1-3,6-7,10,13-14,17,24-27H,4-5H2,(H,19,20,21)/t10-,13-,14-,17?/m1/s1. The van der Waals surface area contributed by atoms with Gasteiger partial charge in [-0.05, 0) is 6.07 Å². The molecule has 148 valence electrons. The second-order valence-corrected chi connectivity index (χ2v) is 6.78. The lowest BCUT2D eigenvalue weighted by Gasteiger charge is -2.16. The number of benzene rings is 1. The van der Waals surface area contributed by atoms with E-state index in [-0.39, 0.29) is 17.3 Å². The monoisotopic (exact) mass is 407 g/mol. The van der Waals surface area contributed by atoms with Gasteiger partial charge in [0.15, 0.2) is 23.2 Å². The van der Waals surface area contributed by atoms with E-state index in [9.17, 15) is 20.4 Å². The highest BCUT2D eigenvalue weighted by Gasteiger charge is 2.44. The number of rotatable bonds is 5. The molecule has 4 rings (SSSR count). The Kier molecular flexibility index (Phi) is 5.04. The van der Waals surface area contributed by atoms with E-state index in [1.54, 1.807) is 18.2 Å². The molecule has 3 aromatic rings. The number of nitrogens with one attached hydrogen (secondary N) is 1. The zero-order valence-corrected chi connectivity index (χ0v) is 15.2. The van der Waals surface area contributed by atoms with E-state index in [1.165, 1.54) is 17.2 Å². The van der Waals surface area contributed by atoms with E-state index in [2.05, 4.69) is 20.3 Å². The van der Waals surface area contributed by atoms with Crippen molar-refractivity contribution in [1.29, 1.82) is 0 Å². The highest BCUT2D eigenvalue weighted by Crippen LogP contribution is 2.32. The molecule has 2 aromatic heterocycles. The molecule has 1 aromatic carbocycles. The van der Waals surface area contributed by atoms with Gasteiger partial charge in [-0.25, -0.2) is 15.0 Å². The van der Waals surface area contributed by atoms with Gasteiger partial charge in [-0.2, -0.15) is 0 Å². The maximum Gasteiger partial charge on any atom is 0.167 e. The predicted octanol–water partition coefficient (Wildman–Crippen LogP) is 0.409. The van der Waals surface area contributed by atoms with E-state index in [4.69, 9.17) is 16.3 Å². The van der Waals surface area contributed by atoms with Crippen molar-refractivity contribution in [3.63, 3.8) is 0 Å². The summed E-state index contributed by atoms with van der Waals surface area (Å²) in [6, 6.07) is 5.04. The van der Waals surface area contributed by atoms with Gasteiger partial charge >= 0.3 is 0 Å². The molecule has 0 bridgehead atoms. The Morgan fingerprint density at radius 3 is 2.75 bits per heavy atom. The first-order valence-corrected chi connectivity index (χ1v) is 8.89. The summed E-state index contributed by atoms with van der Waals surface area (Å²) in [5, 5.41) is 42.8. The Morgan fingerprint density at radius 2 is 2.00 bits per heavy atom. The molecule has 0 amide bonds. The number of phenols is 1. The number of hydrogen-bond donors (Lipinski definition) is 5. The van der Waals surface area contributed by atoms with E-state index in [1.807, 2.05) is 0 Å². The molecular formula is C17H18ClN5O5. The highest BCUT2D eigenvalue weighted by molar-refractivity contribution is 6.32. The lowest BCUT2D eigenvalue weighted by atomic mass is 10.1. The van der Waals surface area contributed by atoms with Gasteiger partial charge in [0.05, 0.1) is 18.0 Å². The van der Waals surface area contributed by atoms with Crippen LogP contribution in [-0.4, -0.2) is 64.9 Å². The van der Waals surface area contributed by atoms with Crippen molar-refractivity contribution < 1.29 is 25.2 Å². The number of nitrogens with zero attached hydrogens (tertiary/aromatic N) is 4. The van der Waals surface area contributed by atoms with Crippen molar-refractivity contribution in [3.05, 3.63) is 41.4 Å². The third-order valence-corrected chi connectivity index (χ3v) is 4.97. The van der Waals surface area contributed by atoms with Crippen LogP contribution >= 0.6 is 11.6 Å². The Morgan fingerprint density at radius 1 is 1.18 bits per heavy atom. The number of fused-ring (bicyclic) bond motifs is 1. The second-order valence-electron chi connectivity index (χ2n) is 6.38. The van der Waals surface area contributed by atoms with Crippen LogP contribution in [0.3, 0.4) is 0 Å². The molecule has 1 aliphatic heterocycles. The summed E-state index contributed by atoms with van der Waals surface area (Å²) < 4.78 is 7.00. The Balaban J connectivity index is 1.61. The lowest BCUT2D eigenvalue weighted by molar-refractivity contribution is -0.0511. The summed E-state index contributed by atoms with van der Waals surface area (Å²) in [7, 11) is 0. The van der Waals surface area contributed by atoms with Crippen molar-refractivity contribution in [2.45, 2.75) is 31.1 Å². The van der Waals surface area contributed by atoms with Crippen molar-refractivity contribution in [1.82, 2.24) is 19.5 Å². The summed E-state index contributed by atoms with van der Waals surface area (Å²) in [5.74, 6) is 0.397. The van der Waals surface area contributed by atoms with Gasteiger partial charge in [-0.3, -0.25) is 4.57 Å². The number of ether oxygens (including phenoxy) is 1. The summed E-state index contributed by atoms with van der Waals surface area (Å²) in [6.07, 6.45) is -1.58. The summed E-state index contributed by atoms with van der Waals surface area (Å²) in [4.78, 5) is 12.6. The minimum atomic E-state index is -1.25. The third-order valence-electron chi connectivity index (χ3n) is 4.67. The normalized spacial score (nSPS) is 24.7. The zero-order valence-electron chi connectivity index (χ0n) is 14.5. The maximum atomic E-state index is 10.2. The fraction of sp³-hybridized carbons (Fsp3) is 0.353. The summed E-state index contributed by atoms with van der Waals surface area (Å²) >= 11 is 5.92. The van der Waals surface area contributed by atoms with Crippen molar-refractivity contribution in [2.24, 2.45) is 0 Å². The minimum absolute atomic E-state index is 0.0148. The molecule has 4 atom stereocenters. The quantitative estimate of drug-likeness (QED) is 0.405. The second kappa shape index (κ2) is 7.49. The first kappa shape index (κ1) is 18.8. The van der Waals surface area contributed by atoms with Crippen LogP contribution in [0.1, 0.15) is 11.8 Å². The Hall–Kier alpha value is -2.50. The maximum absolute atomic E-state index is 10.2. The van der Waals surface area contributed by atoms with Gasteiger partial charge in [0.25, 0.3) is 0 Å². The van der Waals surface area contributed by atoms with Crippen LogP contribution in [0.25, 0.3) is 11.2 Å². The molecule has 0 radical (unpaired) electrons. The molecule has 10 nitrogen and oxygen atoms in total. The number of aliphatic hydroxyl groups excluding tert-OH is 3. The fourth-order valence-electron chi connectivity index (χ4n) is 3.16. The van der Waals surface area contributed by atoms with Crippen molar-refractivity contribution in [2.75, 3.05) is 11.9 Å². The number of phenolic OH excluding ortho intramolecular Hbond substituents is 1. The predicted molar refractivity (Wildman–Crippen MR) is 98.8 cm³/mol. The minimum Gasteiger partial charge on any atom is -0.506 e. The van der Waals surface area contributed by atoms with Gasteiger partial charge in [0.2, 0.25) is 0 Å². The number of aliphatic hydroxyl groups is 3. The first-order chi connectivity index (χ1) is 13.5. The molecule has 0 aliphatic carbocycles. The van der Waals surface area contributed by atoms with Crippen molar-refractivity contribution in [3.8, 4) is 5.75 Å². The first-order valence-electron chi connectivity index (χ1n) is 8.51. The van der Waals surface area contributed by atoms with Crippen LogP contribution in [-0.2, 0) is 11.3 Å². The number of para-hydroxylation sites is 1. The van der Waals surface area contributed by atoms with Crippen molar-refractivity contribution >= 4 is 28.6 Å². The van der Waals surface area contributed by atoms with Crippen LogP contribution in [0.4, 0.5) is 5.82 Å². The number of hydrogen-bond acceptors (Lipinski definition) is 9. The van der Waals surface area contributed by atoms with E-state index in [0.717, 1.165) is 0 Å². The van der Waals surface area contributed by atoms with Crippen LogP contribution in [0, 0.1) is 0 Å². The zero-order chi connectivity index (χ0) is 19.8. The molecule has 11 heteroatoms. The van der Waals surface area contributed by atoms with E-state index < -0.39 is 31.1 Å². The van der Waals surface area contributed by atoms with E-state index in [0.29, 0.717) is 22.5 Å². The molecule has 1 saturated heterocycles. The molecule has 0 saturated carbocycles. The molecule has 1 fully saturated rings. The van der Waals surface area contributed by atoms with Gasteiger partial charge in [0.1, 0.15) is 30.4 Å². The highest BCUT2D eigenvalue weighted by atomic mass is 35.5. The van der Waals surface area contributed by atoms with Gasteiger partial charge in [0, 0.05) is 12.1 Å². The lowest BCUT2D eigenvalue weighted by Crippen LogP contribution is -2.33. The number of halogens is 1. The molecule has 5 N–H and O–H groups in total. The van der Waals surface area contributed by atoms with Gasteiger partial charge in [-0.1, -0.05) is 23.7 Å². The molecular weight excluding hydrogens is 390 g/mol. The van der Waals surface area contributed by atoms with Crippen LogP contribution in [0.15, 0.2) is 30.9 Å². The number of imidazole rings is 1. The molecule has 1 unspecified atom stereocenters. The number of anilines is 1. The SMILES string of the molecule is OC[C@H]1OC(n2cnc3c(NCc4cccc(Cl)c4O)ncnc32)[C@H](O)[C@@H]1O. The summed E-state index contributed by atoms with van der Waals surface area (Å²) in [6.45, 7) is -0.175. The Labute approximate surface area is 164 Å². The number of aromatic hydroxyl groups is 1. The van der Waals surface area contributed by atoms with Crippen LogP contribution in [0.5, 0.6) is 5.75 Å². The molecule has 28 heavy (non-hydrogen) atoms. The average molecular weight is 408 g/mol. The topological polar surface area (TPSA) is 146 Å². The molecule has 3 heterocycles. The number of aromatic nitrogens is 4. The molecule has 1 aliphatic rings. The fourth-order valence-corrected chi connectivity index (χ4v) is 3.35. The third kappa shape index (κ3) is 3.15. The van der Waals surface area contributed by atoms with Crippen LogP contribution < -0.4 is 5.32 Å². The van der Waals surface area contributed by atoms with Crippen LogP contribution in [0.2, 0.25) is 5.02 Å². The average Bonchev–Trinajstić information content (AvgIpc) is 3.25. The summed E-state index contributed by atoms with van der Waals surface area (Å²) in [5.41, 5.74) is 1.38. The largest absolute Gasteiger partial charge is 0.506 e.